The molecule has 0 saturated heterocycles. The largest absolute Gasteiger partial charge is 0.490 e. The maximum absolute atomic E-state index is 6.41. The highest BCUT2D eigenvalue weighted by atomic mass is 35.5. The first-order valence-electron chi connectivity index (χ1n) is 7.98. The first-order chi connectivity index (χ1) is 11.1. The van der Waals surface area contributed by atoms with Gasteiger partial charge in [0.25, 0.3) is 0 Å². The zero-order valence-electron chi connectivity index (χ0n) is 14.0. The van der Waals surface area contributed by atoms with Crippen molar-refractivity contribution in [1.82, 2.24) is 5.32 Å². The molecule has 0 saturated carbocycles. The summed E-state index contributed by atoms with van der Waals surface area (Å²) in [6.07, 6.45) is 0. The minimum atomic E-state index is 0.465. The molecule has 124 valence electrons. The van der Waals surface area contributed by atoms with Crippen molar-refractivity contribution in [2.75, 3.05) is 13.2 Å². The lowest BCUT2D eigenvalue weighted by Crippen LogP contribution is -2.12. The van der Waals surface area contributed by atoms with Crippen LogP contribution in [-0.2, 0) is 13.2 Å². The Kier molecular flexibility index (Phi) is 6.75. The fourth-order valence-electron chi connectivity index (χ4n) is 2.24. The summed E-state index contributed by atoms with van der Waals surface area (Å²) in [6, 6.07) is 12.2. The predicted molar refractivity (Wildman–Crippen MR) is 95.5 cm³/mol. The van der Waals surface area contributed by atoms with Gasteiger partial charge in [0.05, 0.1) is 11.6 Å². The van der Waals surface area contributed by atoms with Crippen LogP contribution in [0.25, 0.3) is 0 Å². The van der Waals surface area contributed by atoms with Gasteiger partial charge in [0.2, 0.25) is 0 Å². The first kappa shape index (κ1) is 17.6. The fraction of sp³-hybridized carbons (Fsp3) is 0.368. The van der Waals surface area contributed by atoms with Crippen LogP contribution in [0.1, 0.15) is 30.5 Å². The molecule has 3 nitrogen and oxygen atoms in total. The quantitative estimate of drug-likeness (QED) is 0.757. The van der Waals surface area contributed by atoms with Crippen LogP contribution in [0.15, 0.2) is 36.4 Å². The summed E-state index contributed by atoms with van der Waals surface area (Å²) >= 11 is 6.41. The Balaban J connectivity index is 2.16. The van der Waals surface area contributed by atoms with E-state index in [0.717, 1.165) is 24.2 Å². The van der Waals surface area contributed by atoms with E-state index in [1.807, 2.05) is 19.1 Å². The van der Waals surface area contributed by atoms with Crippen molar-refractivity contribution < 1.29 is 9.47 Å². The monoisotopic (exact) mass is 333 g/mol. The van der Waals surface area contributed by atoms with Gasteiger partial charge in [-0.2, -0.15) is 0 Å². The zero-order valence-corrected chi connectivity index (χ0v) is 14.7. The number of hydrogen-bond acceptors (Lipinski definition) is 3. The zero-order chi connectivity index (χ0) is 16.7. The van der Waals surface area contributed by atoms with E-state index < -0.39 is 0 Å². The molecule has 0 atom stereocenters. The van der Waals surface area contributed by atoms with Crippen molar-refractivity contribution in [3.05, 3.63) is 58.1 Å². The summed E-state index contributed by atoms with van der Waals surface area (Å²) in [6.45, 7) is 8.80. The van der Waals surface area contributed by atoms with Gasteiger partial charge in [-0.05, 0) is 43.7 Å². The number of benzene rings is 2. The Labute approximate surface area is 143 Å². The second-order valence-corrected chi connectivity index (χ2v) is 5.80. The molecule has 0 aliphatic heterocycles. The third-order valence-corrected chi connectivity index (χ3v) is 3.73. The number of rotatable bonds is 8. The average molecular weight is 334 g/mol. The second kappa shape index (κ2) is 8.80. The summed E-state index contributed by atoms with van der Waals surface area (Å²) in [5.41, 5.74) is 3.42. The molecule has 0 unspecified atom stereocenters. The summed E-state index contributed by atoms with van der Waals surface area (Å²) in [5, 5.41) is 3.87. The molecule has 4 heteroatoms. The Morgan fingerprint density at radius 3 is 2.39 bits per heavy atom. The van der Waals surface area contributed by atoms with Crippen molar-refractivity contribution >= 4 is 11.6 Å². The fourth-order valence-corrected chi connectivity index (χ4v) is 2.52. The van der Waals surface area contributed by atoms with Gasteiger partial charge < -0.3 is 14.8 Å². The van der Waals surface area contributed by atoms with Crippen molar-refractivity contribution in [3.8, 4) is 11.5 Å². The maximum atomic E-state index is 6.41. The minimum absolute atomic E-state index is 0.465. The number of hydrogen-bond donors (Lipinski definition) is 1. The third kappa shape index (κ3) is 5.15. The molecule has 23 heavy (non-hydrogen) atoms. The van der Waals surface area contributed by atoms with Gasteiger partial charge in [-0.15, -0.1) is 0 Å². The smallest absolute Gasteiger partial charge is 0.180 e. The van der Waals surface area contributed by atoms with Crippen LogP contribution in [0.4, 0.5) is 0 Å². The highest BCUT2D eigenvalue weighted by molar-refractivity contribution is 6.32. The normalized spacial score (nSPS) is 10.6. The lowest BCUT2D eigenvalue weighted by molar-refractivity contribution is 0.269. The van der Waals surface area contributed by atoms with Crippen LogP contribution in [0, 0.1) is 6.92 Å². The molecule has 0 heterocycles. The van der Waals surface area contributed by atoms with Crippen molar-refractivity contribution in [3.63, 3.8) is 0 Å². The van der Waals surface area contributed by atoms with Crippen LogP contribution in [0.2, 0.25) is 5.02 Å². The van der Waals surface area contributed by atoms with Gasteiger partial charge >= 0.3 is 0 Å². The summed E-state index contributed by atoms with van der Waals surface area (Å²) in [5.74, 6) is 1.30. The van der Waals surface area contributed by atoms with E-state index in [2.05, 4.69) is 43.4 Å². The lowest BCUT2D eigenvalue weighted by Gasteiger charge is -2.15. The number of ether oxygens (including phenoxy) is 2. The van der Waals surface area contributed by atoms with Gasteiger partial charge in [0.15, 0.2) is 11.5 Å². The van der Waals surface area contributed by atoms with Gasteiger partial charge in [-0.25, -0.2) is 0 Å². The molecule has 2 rings (SSSR count). The molecule has 0 amide bonds. The molecule has 0 aliphatic rings. The van der Waals surface area contributed by atoms with Crippen LogP contribution in [0.3, 0.4) is 0 Å². The molecule has 2 aromatic carbocycles. The van der Waals surface area contributed by atoms with Crippen molar-refractivity contribution in [1.29, 1.82) is 0 Å². The van der Waals surface area contributed by atoms with Gasteiger partial charge in [0, 0.05) is 6.54 Å². The van der Waals surface area contributed by atoms with E-state index in [0.29, 0.717) is 29.7 Å². The Morgan fingerprint density at radius 2 is 1.74 bits per heavy atom. The van der Waals surface area contributed by atoms with Gasteiger partial charge in [-0.3, -0.25) is 0 Å². The minimum Gasteiger partial charge on any atom is -0.490 e. The van der Waals surface area contributed by atoms with Crippen LogP contribution in [0.5, 0.6) is 11.5 Å². The molecule has 0 bridgehead atoms. The van der Waals surface area contributed by atoms with E-state index >= 15 is 0 Å². The Bertz CT molecular complexity index is 626. The third-order valence-electron chi connectivity index (χ3n) is 3.45. The molecule has 0 aromatic heterocycles. The van der Waals surface area contributed by atoms with E-state index in [4.69, 9.17) is 21.1 Å². The molecular weight excluding hydrogens is 310 g/mol. The van der Waals surface area contributed by atoms with E-state index in [-0.39, 0.29) is 0 Å². The predicted octanol–water partition coefficient (Wildman–Crippen LogP) is 4.74. The van der Waals surface area contributed by atoms with E-state index in [1.165, 1.54) is 5.56 Å². The van der Waals surface area contributed by atoms with Gasteiger partial charge in [0.1, 0.15) is 6.61 Å². The second-order valence-electron chi connectivity index (χ2n) is 5.39. The topological polar surface area (TPSA) is 30.5 Å². The molecule has 0 aliphatic carbocycles. The van der Waals surface area contributed by atoms with E-state index in [9.17, 15) is 0 Å². The van der Waals surface area contributed by atoms with Crippen molar-refractivity contribution in [2.24, 2.45) is 0 Å². The summed E-state index contributed by atoms with van der Waals surface area (Å²) < 4.78 is 11.6. The lowest BCUT2D eigenvalue weighted by atomic mass is 10.1. The summed E-state index contributed by atoms with van der Waals surface area (Å²) in [4.78, 5) is 0. The average Bonchev–Trinajstić information content (AvgIpc) is 2.54. The Hall–Kier alpha value is -1.71. The molecule has 0 fully saturated rings. The summed E-state index contributed by atoms with van der Waals surface area (Å²) in [7, 11) is 0. The van der Waals surface area contributed by atoms with E-state index in [1.54, 1.807) is 0 Å². The highest BCUT2D eigenvalue weighted by Crippen LogP contribution is 2.37. The molecular formula is C19H24ClNO2. The van der Waals surface area contributed by atoms with Crippen LogP contribution < -0.4 is 14.8 Å². The van der Waals surface area contributed by atoms with Crippen LogP contribution >= 0.6 is 11.6 Å². The van der Waals surface area contributed by atoms with Crippen LogP contribution in [-0.4, -0.2) is 13.2 Å². The number of nitrogens with one attached hydrogen (secondary N) is 1. The molecule has 1 N–H and O–H groups in total. The molecule has 0 spiro atoms. The maximum Gasteiger partial charge on any atom is 0.180 e. The number of halogens is 1. The SMILES string of the molecule is CCNCc1cc(Cl)c(OCc2ccc(C)cc2)c(OCC)c1. The Morgan fingerprint density at radius 1 is 1.00 bits per heavy atom. The molecule has 0 radical (unpaired) electrons. The van der Waals surface area contributed by atoms with Crippen molar-refractivity contribution in [2.45, 2.75) is 33.9 Å². The van der Waals surface area contributed by atoms with Gasteiger partial charge in [-0.1, -0.05) is 48.4 Å². The first-order valence-corrected chi connectivity index (χ1v) is 8.36. The number of aryl methyl sites for hydroxylation is 1. The molecule has 2 aromatic rings. The highest BCUT2D eigenvalue weighted by Gasteiger charge is 2.13. The standard InChI is InChI=1S/C19H24ClNO2/c1-4-21-12-16-10-17(20)19(18(11-16)22-5-2)23-13-15-8-6-14(3)7-9-15/h6-11,21H,4-5,12-13H2,1-3H3.